The van der Waals surface area contributed by atoms with E-state index in [1.54, 1.807) is 20.0 Å². The molecule has 2 heterocycles. The third-order valence-electron chi connectivity index (χ3n) is 3.84. The van der Waals surface area contributed by atoms with Gasteiger partial charge in [-0.05, 0) is 40.0 Å². The molecule has 0 saturated heterocycles. The van der Waals surface area contributed by atoms with Crippen LogP contribution in [0.25, 0.3) is 0 Å². The highest BCUT2D eigenvalue weighted by atomic mass is 32.2. The summed E-state index contributed by atoms with van der Waals surface area (Å²) in [6.07, 6.45) is 4.18. The first-order valence-corrected chi connectivity index (χ1v) is 8.64. The van der Waals surface area contributed by atoms with Crippen LogP contribution in [-0.4, -0.2) is 23.5 Å². The molecule has 8 heteroatoms. The van der Waals surface area contributed by atoms with Gasteiger partial charge in [-0.15, -0.1) is 0 Å². The Hall–Kier alpha value is -1.80. The normalized spacial score (nSPS) is 18.2. The molecule has 0 amide bonds. The molecule has 1 aliphatic rings. The number of rotatable bonds is 3. The summed E-state index contributed by atoms with van der Waals surface area (Å²) in [6, 6.07) is -0.317. The Kier molecular flexibility index (Phi) is 3.73. The average molecular weight is 322 g/mol. The lowest BCUT2D eigenvalue weighted by molar-refractivity contribution is 0.390. The Balaban J connectivity index is 1.95. The zero-order chi connectivity index (χ0) is 15.9. The lowest BCUT2D eigenvalue weighted by Gasteiger charge is -2.25. The molecule has 2 aromatic rings. The number of fused-ring (bicyclic) bond motifs is 1. The van der Waals surface area contributed by atoms with Gasteiger partial charge < -0.3 is 4.52 Å². The molecule has 7 nitrogen and oxygen atoms in total. The van der Waals surface area contributed by atoms with Gasteiger partial charge in [-0.25, -0.2) is 23.1 Å². The van der Waals surface area contributed by atoms with E-state index in [-0.39, 0.29) is 10.9 Å². The maximum absolute atomic E-state index is 12.6. The van der Waals surface area contributed by atoms with Crippen LogP contribution in [0.2, 0.25) is 0 Å². The van der Waals surface area contributed by atoms with Gasteiger partial charge in [-0.2, -0.15) is 0 Å². The van der Waals surface area contributed by atoms with E-state index < -0.39 is 10.0 Å². The number of hydrogen-bond acceptors (Lipinski definition) is 6. The molecule has 0 unspecified atom stereocenters. The van der Waals surface area contributed by atoms with E-state index in [2.05, 4.69) is 19.8 Å². The number of sulfonamides is 1. The van der Waals surface area contributed by atoms with Crippen LogP contribution in [0.3, 0.4) is 0 Å². The van der Waals surface area contributed by atoms with Gasteiger partial charge in [-0.1, -0.05) is 5.16 Å². The smallest absolute Gasteiger partial charge is 0.246 e. The summed E-state index contributed by atoms with van der Waals surface area (Å²) in [5.41, 5.74) is 2.14. The molecular formula is C14H18N4O3S. The van der Waals surface area contributed by atoms with Crippen molar-refractivity contribution in [3.63, 3.8) is 0 Å². The Bertz CT molecular complexity index is 794. The lowest BCUT2D eigenvalue weighted by atomic mass is 9.93. The molecular weight excluding hydrogens is 304 g/mol. The third kappa shape index (κ3) is 2.64. The number of aryl methyl sites for hydroxylation is 4. The van der Waals surface area contributed by atoms with E-state index in [0.29, 0.717) is 17.3 Å². The van der Waals surface area contributed by atoms with Crippen LogP contribution < -0.4 is 4.72 Å². The van der Waals surface area contributed by atoms with Crippen molar-refractivity contribution in [2.75, 3.05) is 0 Å². The van der Waals surface area contributed by atoms with Gasteiger partial charge in [0.2, 0.25) is 10.0 Å². The highest BCUT2D eigenvalue weighted by Crippen LogP contribution is 2.30. The third-order valence-corrected chi connectivity index (χ3v) is 5.55. The van der Waals surface area contributed by atoms with Gasteiger partial charge in [0.25, 0.3) is 0 Å². The van der Waals surface area contributed by atoms with Crippen molar-refractivity contribution in [2.45, 2.75) is 51.0 Å². The molecule has 0 aliphatic heterocycles. The molecule has 0 aromatic carbocycles. The van der Waals surface area contributed by atoms with Crippen molar-refractivity contribution < 1.29 is 12.9 Å². The molecule has 1 atom stereocenters. The summed E-state index contributed by atoms with van der Waals surface area (Å²) < 4.78 is 33.0. The Morgan fingerprint density at radius 2 is 2.09 bits per heavy atom. The Labute approximate surface area is 129 Å². The number of nitrogens with zero attached hydrogens (tertiary/aromatic N) is 3. The molecule has 3 rings (SSSR count). The first-order chi connectivity index (χ1) is 10.4. The van der Waals surface area contributed by atoms with Crippen LogP contribution >= 0.6 is 0 Å². The molecule has 0 spiro atoms. The number of nitrogens with one attached hydrogen (secondary N) is 1. The summed E-state index contributed by atoms with van der Waals surface area (Å²) >= 11 is 0. The topological polar surface area (TPSA) is 98.0 Å². The van der Waals surface area contributed by atoms with Crippen LogP contribution in [0.5, 0.6) is 0 Å². The van der Waals surface area contributed by atoms with E-state index >= 15 is 0 Å². The van der Waals surface area contributed by atoms with Gasteiger partial charge in [0.15, 0.2) is 5.76 Å². The van der Waals surface area contributed by atoms with Crippen molar-refractivity contribution in [2.24, 2.45) is 0 Å². The van der Waals surface area contributed by atoms with E-state index in [4.69, 9.17) is 4.52 Å². The standard InChI is InChI=1S/C14H18N4O3S/c1-8-14(9(2)21-17-8)22(19,20)18-13-6-4-5-12-11(13)7-15-10(3)16-12/h7,13,18H,4-6H2,1-3H3/t13-/m1/s1. The summed E-state index contributed by atoms with van der Waals surface area (Å²) in [5.74, 6) is 0.995. The quantitative estimate of drug-likeness (QED) is 0.924. The van der Waals surface area contributed by atoms with Gasteiger partial charge in [0.1, 0.15) is 16.4 Å². The van der Waals surface area contributed by atoms with E-state index in [9.17, 15) is 8.42 Å². The van der Waals surface area contributed by atoms with Gasteiger partial charge in [0.05, 0.1) is 6.04 Å². The lowest BCUT2D eigenvalue weighted by Crippen LogP contribution is -2.32. The first-order valence-electron chi connectivity index (χ1n) is 7.16. The number of hydrogen-bond donors (Lipinski definition) is 1. The highest BCUT2D eigenvalue weighted by Gasteiger charge is 2.30. The molecule has 22 heavy (non-hydrogen) atoms. The van der Waals surface area contributed by atoms with Crippen LogP contribution in [0.1, 0.15) is 47.4 Å². The minimum atomic E-state index is -3.69. The van der Waals surface area contributed by atoms with Gasteiger partial charge in [0, 0.05) is 17.5 Å². The van der Waals surface area contributed by atoms with E-state index in [1.807, 2.05) is 6.92 Å². The van der Waals surface area contributed by atoms with Crippen molar-refractivity contribution in [1.29, 1.82) is 0 Å². The zero-order valence-corrected chi connectivity index (χ0v) is 13.6. The van der Waals surface area contributed by atoms with E-state index in [1.165, 1.54) is 0 Å². The molecule has 0 radical (unpaired) electrons. The maximum atomic E-state index is 12.6. The van der Waals surface area contributed by atoms with Crippen molar-refractivity contribution in [3.8, 4) is 0 Å². The minimum Gasteiger partial charge on any atom is -0.360 e. The Morgan fingerprint density at radius 3 is 2.77 bits per heavy atom. The second kappa shape index (κ2) is 5.44. The molecule has 0 saturated carbocycles. The van der Waals surface area contributed by atoms with Gasteiger partial charge in [-0.3, -0.25) is 0 Å². The Morgan fingerprint density at radius 1 is 1.32 bits per heavy atom. The largest absolute Gasteiger partial charge is 0.360 e. The second-order valence-corrected chi connectivity index (χ2v) is 7.19. The number of aromatic nitrogens is 3. The van der Waals surface area contributed by atoms with Crippen molar-refractivity contribution in [1.82, 2.24) is 19.8 Å². The molecule has 1 N–H and O–H groups in total. The monoisotopic (exact) mass is 322 g/mol. The van der Waals surface area contributed by atoms with Crippen molar-refractivity contribution >= 4 is 10.0 Å². The summed E-state index contributed by atoms with van der Waals surface area (Å²) in [6.45, 7) is 5.04. The molecule has 0 bridgehead atoms. The predicted octanol–water partition coefficient (Wildman–Crippen LogP) is 1.75. The second-order valence-electron chi connectivity index (χ2n) is 5.54. The molecule has 1 aliphatic carbocycles. The maximum Gasteiger partial charge on any atom is 0.246 e. The fraction of sp³-hybridized carbons (Fsp3) is 0.500. The van der Waals surface area contributed by atoms with Crippen LogP contribution in [0.4, 0.5) is 0 Å². The van der Waals surface area contributed by atoms with Crippen LogP contribution in [0, 0.1) is 20.8 Å². The van der Waals surface area contributed by atoms with Crippen LogP contribution in [0.15, 0.2) is 15.6 Å². The molecule has 118 valence electrons. The zero-order valence-electron chi connectivity index (χ0n) is 12.8. The summed E-state index contributed by atoms with van der Waals surface area (Å²) in [4.78, 5) is 8.73. The van der Waals surface area contributed by atoms with Crippen LogP contribution in [-0.2, 0) is 16.4 Å². The van der Waals surface area contributed by atoms with E-state index in [0.717, 1.165) is 30.5 Å². The molecule has 2 aromatic heterocycles. The summed E-state index contributed by atoms with van der Waals surface area (Å²) in [5, 5.41) is 3.71. The highest BCUT2D eigenvalue weighted by molar-refractivity contribution is 7.89. The van der Waals surface area contributed by atoms with Gasteiger partial charge >= 0.3 is 0 Å². The fourth-order valence-corrected chi connectivity index (χ4v) is 4.45. The SMILES string of the molecule is Cc1ncc2c(n1)CCC[C@H]2NS(=O)(=O)c1c(C)noc1C. The first kappa shape index (κ1) is 15.1. The predicted molar refractivity (Wildman–Crippen MR) is 78.7 cm³/mol. The fourth-order valence-electron chi connectivity index (χ4n) is 2.87. The van der Waals surface area contributed by atoms with Crippen molar-refractivity contribution in [3.05, 3.63) is 34.7 Å². The molecule has 0 fully saturated rings. The average Bonchev–Trinajstić information content (AvgIpc) is 2.78. The minimum absolute atomic E-state index is 0.118. The summed E-state index contributed by atoms with van der Waals surface area (Å²) in [7, 11) is -3.69.